The zero-order valence-electron chi connectivity index (χ0n) is 40.8. The summed E-state index contributed by atoms with van der Waals surface area (Å²) < 4.78 is 18.2. The van der Waals surface area contributed by atoms with Gasteiger partial charge in [-0.15, -0.1) is 5.10 Å². The summed E-state index contributed by atoms with van der Waals surface area (Å²) in [4.78, 5) is 82.9. The van der Waals surface area contributed by atoms with Crippen LogP contribution in [0, 0.1) is 5.92 Å². The average molecular weight is 986 g/mol. The van der Waals surface area contributed by atoms with Crippen molar-refractivity contribution in [3.8, 4) is 22.4 Å². The van der Waals surface area contributed by atoms with Crippen molar-refractivity contribution in [2.45, 2.75) is 56.8 Å². The number of benzene rings is 3. The van der Waals surface area contributed by atoms with Crippen LogP contribution in [0.15, 0.2) is 96.1 Å². The van der Waals surface area contributed by atoms with E-state index in [2.05, 4.69) is 72.0 Å². The Hall–Kier alpha value is -7.93. The number of carbonyl (C=O) groups is 4. The molecular weight excluding hydrogens is 930 g/mol. The number of alkyl halides is 1. The second kappa shape index (κ2) is 18.6. The number of piperazine rings is 1. The number of anilines is 4. The highest BCUT2D eigenvalue weighted by Crippen LogP contribution is 2.40. The zero-order chi connectivity index (χ0) is 50.1. The average Bonchev–Trinajstić information content (AvgIpc) is 3.68. The second-order valence-electron chi connectivity index (χ2n) is 20.0. The number of pyridine rings is 1. The number of nitrogens with zero attached hydrogens (tertiary/aromatic N) is 10. The molecule has 4 amide bonds. The first-order valence-corrected chi connectivity index (χ1v) is 25.3. The van der Waals surface area contributed by atoms with Crippen LogP contribution in [0.2, 0.25) is 0 Å². The summed E-state index contributed by atoms with van der Waals surface area (Å²) >= 11 is 0. The summed E-state index contributed by atoms with van der Waals surface area (Å²) in [6.07, 6.45) is 5.63. The Labute approximate surface area is 419 Å². The minimum Gasteiger partial charge on any atom is -0.385 e. The van der Waals surface area contributed by atoms with Gasteiger partial charge < -0.3 is 25.3 Å². The highest BCUT2D eigenvalue weighted by Gasteiger charge is 2.39. The van der Waals surface area contributed by atoms with E-state index in [9.17, 15) is 28.4 Å². The van der Waals surface area contributed by atoms with E-state index in [1.807, 2.05) is 47.4 Å². The van der Waals surface area contributed by atoms with Gasteiger partial charge in [0.15, 0.2) is 17.2 Å². The van der Waals surface area contributed by atoms with Crippen molar-refractivity contribution in [3.05, 3.63) is 119 Å². The number of amides is 4. The molecule has 4 fully saturated rings. The molecule has 0 bridgehead atoms. The van der Waals surface area contributed by atoms with Crippen LogP contribution >= 0.6 is 0 Å². The van der Waals surface area contributed by atoms with Gasteiger partial charge in [0.05, 0.1) is 40.2 Å². The molecule has 1 unspecified atom stereocenters. The Morgan fingerprint density at radius 2 is 1.60 bits per heavy atom. The number of aromatic nitrogens is 6. The van der Waals surface area contributed by atoms with Gasteiger partial charge in [-0.25, -0.2) is 18.7 Å². The Balaban J connectivity index is 0.634. The standard InChI is InChI=1S/C54H56FN13O5/c1-56-42-28-48(61-68-47(30-58-50(42)68)52(71)59-41-27-39(41)55)66-21-18-38-37(4-3-5-43(38)66)40-12-8-35(29-57-40)53(72)65-19-16-32(17-20-65)31-63-22-24-64(25-23-63)36-10-6-33(7-11-36)34-9-13-44-46(26-34)62(2)54(73)67(44)45-14-15-49(69)60-51(45)70/h3-13,26,28-30,32,39,41,45,56H,14-25,27,31H2,1-2H3,(H,59,71)(H,60,69,70)/t39-,41+,45?/m0/s1. The number of piperidine rings is 2. The molecule has 0 spiro atoms. The summed E-state index contributed by atoms with van der Waals surface area (Å²) in [6.45, 7) is 6.90. The molecule has 18 nitrogen and oxygen atoms in total. The molecule has 8 heterocycles. The lowest BCUT2D eigenvalue weighted by Gasteiger charge is -2.39. The Morgan fingerprint density at radius 1 is 0.822 bits per heavy atom. The van der Waals surface area contributed by atoms with E-state index in [-0.39, 0.29) is 29.6 Å². The van der Waals surface area contributed by atoms with E-state index in [0.717, 1.165) is 91.1 Å². The molecule has 0 radical (unpaired) electrons. The summed E-state index contributed by atoms with van der Waals surface area (Å²) in [5, 5.41) is 13.1. The summed E-state index contributed by atoms with van der Waals surface area (Å²) in [6, 6.07) is 25.1. The Bertz CT molecular complexity index is 3390. The van der Waals surface area contributed by atoms with Crippen molar-refractivity contribution in [2.75, 3.05) is 74.5 Å². The van der Waals surface area contributed by atoms with Crippen molar-refractivity contribution >= 4 is 63.2 Å². The fourth-order valence-electron chi connectivity index (χ4n) is 11.3. The number of hydrogen-bond donors (Lipinski definition) is 3. The number of rotatable bonds is 11. The third-order valence-corrected chi connectivity index (χ3v) is 15.5. The van der Waals surface area contributed by atoms with Gasteiger partial charge in [-0.1, -0.05) is 30.3 Å². The van der Waals surface area contributed by atoms with Crippen LogP contribution in [0.1, 0.15) is 64.6 Å². The van der Waals surface area contributed by atoms with Gasteiger partial charge in [0.25, 0.3) is 11.8 Å². The van der Waals surface area contributed by atoms with Crippen LogP contribution in [0.4, 0.5) is 27.3 Å². The van der Waals surface area contributed by atoms with E-state index in [0.29, 0.717) is 66.6 Å². The molecular formula is C54H56FN13O5. The van der Waals surface area contributed by atoms with Crippen LogP contribution in [0.5, 0.6) is 0 Å². The molecule has 1 aliphatic carbocycles. The first-order valence-electron chi connectivity index (χ1n) is 25.3. The fourth-order valence-corrected chi connectivity index (χ4v) is 11.3. The lowest BCUT2D eigenvalue weighted by Crippen LogP contribution is -2.49. The smallest absolute Gasteiger partial charge is 0.329 e. The van der Waals surface area contributed by atoms with Crippen LogP contribution in [-0.2, 0) is 23.1 Å². The predicted octanol–water partition coefficient (Wildman–Crippen LogP) is 5.34. The minimum absolute atomic E-state index is 0.00707. The monoisotopic (exact) mass is 985 g/mol. The van der Waals surface area contributed by atoms with Gasteiger partial charge in [-0.05, 0) is 90.8 Å². The molecule has 12 rings (SSSR count). The summed E-state index contributed by atoms with van der Waals surface area (Å²) in [5.41, 5.74) is 10.2. The van der Waals surface area contributed by atoms with E-state index in [1.165, 1.54) is 21.0 Å². The quantitative estimate of drug-likeness (QED) is 0.142. The number of nitrogens with one attached hydrogen (secondary N) is 3. The molecule has 3 saturated heterocycles. The number of likely N-dealkylation sites (tertiary alicyclic amines) is 1. The molecule has 19 heteroatoms. The Kier molecular flexibility index (Phi) is 11.8. The molecule has 7 aromatic rings. The summed E-state index contributed by atoms with van der Waals surface area (Å²) in [5.74, 6) is 0.00218. The zero-order valence-corrected chi connectivity index (χ0v) is 40.8. The number of imide groups is 1. The number of carbonyl (C=O) groups excluding carboxylic acids is 4. The SMILES string of the molecule is CNc1cc(N2CCc3c(-c4ccc(C(=O)N5CCC(CN6CCN(c7ccc(-c8ccc9c(c8)n(C)c(=O)n9C8CCC(=O)NC8=O)cc7)CC6)CC5)cn4)cccc32)nn2c(C(=O)N[C@@H]3C[C@@H]3F)cnc12. The maximum absolute atomic E-state index is 13.8. The normalized spacial score (nSPS) is 20.4. The Morgan fingerprint density at radius 3 is 2.33 bits per heavy atom. The maximum atomic E-state index is 13.8. The minimum atomic E-state index is -1.02. The van der Waals surface area contributed by atoms with Crippen molar-refractivity contribution < 1.29 is 23.6 Å². The molecule has 4 aromatic heterocycles. The largest absolute Gasteiger partial charge is 0.385 e. The number of halogens is 1. The number of hydrogen-bond acceptors (Lipinski definition) is 12. The van der Waals surface area contributed by atoms with Gasteiger partial charge in [-0.2, -0.15) is 0 Å². The van der Waals surface area contributed by atoms with Crippen molar-refractivity contribution in [1.82, 2.24) is 49.1 Å². The molecule has 73 heavy (non-hydrogen) atoms. The third-order valence-electron chi connectivity index (χ3n) is 15.5. The van der Waals surface area contributed by atoms with Crippen molar-refractivity contribution in [1.29, 1.82) is 0 Å². The predicted molar refractivity (Wildman–Crippen MR) is 275 cm³/mol. The molecule has 5 aliphatic rings. The first-order chi connectivity index (χ1) is 35.5. The third kappa shape index (κ3) is 8.53. The lowest BCUT2D eigenvalue weighted by molar-refractivity contribution is -0.135. The fraction of sp³-hybridized carbons (Fsp3) is 0.370. The lowest BCUT2D eigenvalue weighted by atomic mass is 9.95. The molecule has 3 atom stereocenters. The van der Waals surface area contributed by atoms with Gasteiger partial charge in [-0.3, -0.25) is 43.5 Å². The van der Waals surface area contributed by atoms with Crippen molar-refractivity contribution in [2.24, 2.45) is 13.0 Å². The topological polar surface area (TPSA) is 187 Å². The summed E-state index contributed by atoms with van der Waals surface area (Å²) in [7, 11) is 3.51. The number of aryl methyl sites for hydroxylation is 1. The van der Waals surface area contributed by atoms with Crippen LogP contribution in [0.25, 0.3) is 39.1 Å². The van der Waals surface area contributed by atoms with Crippen molar-refractivity contribution in [3.63, 3.8) is 0 Å². The number of imidazole rings is 2. The molecule has 4 aliphatic heterocycles. The molecule has 3 aromatic carbocycles. The highest BCUT2D eigenvalue weighted by atomic mass is 19.1. The second-order valence-corrected chi connectivity index (χ2v) is 20.0. The molecule has 374 valence electrons. The highest BCUT2D eigenvalue weighted by molar-refractivity contribution is 6.00. The van der Waals surface area contributed by atoms with Crippen LogP contribution in [0.3, 0.4) is 0 Å². The molecule has 3 N–H and O–H groups in total. The maximum Gasteiger partial charge on any atom is 0.329 e. The van der Waals surface area contributed by atoms with E-state index in [4.69, 9.17) is 10.1 Å². The van der Waals surface area contributed by atoms with E-state index < -0.39 is 30.1 Å². The van der Waals surface area contributed by atoms with Gasteiger partial charge in [0, 0.05) is 108 Å². The van der Waals surface area contributed by atoms with Gasteiger partial charge >= 0.3 is 5.69 Å². The van der Waals surface area contributed by atoms with Gasteiger partial charge in [0.1, 0.15) is 12.2 Å². The van der Waals surface area contributed by atoms with E-state index >= 15 is 0 Å². The van der Waals surface area contributed by atoms with Gasteiger partial charge in [0.2, 0.25) is 11.8 Å². The first kappa shape index (κ1) is 46.2. The van der Waals surface area contributed by atoms with Crippen LogP contribution < -0.4 is 31.4 Å². The van der Waals surface area contributed by atoms with Crippen LogP contribution in [-0.4, -0.2) is 134 Å². The number of fused-ring (bicyclic) bond motifs is 3. The van der Waals surface area contributed by atoms with E-state index in [1.54, 1.807) is 24.9 Å². The molecule has 1 saturated carbocycles.